The first-order valence-corrected chi connectivity index (χ1v) is 8.63. The van der Waals surface area contributed by atoms with E-state index in [2.05, 4.69) is 5.32 Å². The number of nitrogens with one attached hydrogen (secondary N) is 1. The smallest absolute Gasteiger partial charge is 0.317 e. The highest BCUT2D eigenvalue weighted by molar-refractivity contribution is 6.33. The van der Waals surface area contributed by atoms with E-state index in [1.54, 1.807) is 0 Å². The Morgan fingerprint density at radius 2 is 1.92 bits per heavy atom. The van der Waals surface area contributed by atoms with Crippen molar-refractivity contribution in [2.24, 2.45) is 0 Å². The van der Waals surface area contributed by atoms with Crippen LogP contribution in [0.2, 0.25) is 5.02 Å². The summed E-state index contributed by atoms with van der Waals surface area (Å²) in [6.07, 6.45) is -5.61. The summed E-state index contributed by atoms with van der Waals surface area (Å²) in [4.78, 5) is 26.3. The number of amides is 1. The van der Waals surface area contributed by atoms with Crippen LogP contribution in [0, 0.1) is 5.82 Å². The zero-order chi connectivity index (χ0) is 19.1. The molecular weight excluding hydrogens is 376 g/mol. The molecule has 3 rings (SSSR count). The Morgan fingerprint density at radius 3 is 2.54 bits per heavy atom. The fourth-order valence-corrected chi connectivity index (χ4v) is 4.05. The monoisotopic (exact) mass is 392 g/mol. The molecule has 1 aromatic carbocycles. The van der Waals surface area contributed by atoms with Crippen LogP contribution >= 0.6 is 11.6 Å². The number of fused-ring (bicyclic) bond motifs is 2. The SMILES string of the molecule is O=C(CCC(F)(F)F)CN1C(=O)C2(CCNCC2)c2c1ccc(F)c2Cl. The number of carbonyl (C=O) groups excluding carboxylic acids is 2. The molecule has 9 heteroatoms. The molecule has 2 aliphatic rings. The molecule has 0 atom stereocenters. The molecule has 2 aliphatic heterocycles. The molecule has 1 aromatic rings. The average molecular weight is 393 g/mol. The first-order valence-electron chi connectivity index (χ1n) is 8.25. The van der Waals surface area contributed by atoms with Gasteiger partial charge in [-0.05, 0) is 38.1 Å². The molecule has 0 aromatic heterocycles. The zero-order valence-electron chi connectivity index (χ0n) is 13.8. The van der Waals surface area contributed by atoms with Gasteiger partial charge in [-0.15, -0.1) is 0 Å². The first-order chi connectivity index (χ1) is 12.2. The van der Waals surface area contributed by atoms with Crippen LogP contribution in [0.4, 0.5) is 23.2 Å². The van der Waals surface area contributed by atoms with Gasteiger partial charge in [0.05, 0.1) is 29.1 Å². The summed E-state index contributed by atoms with van der Waals surface area (Å²) in [6.45, 7) is 0.570. The van der Waals surface area contributed by atoms with Crippen molar-refractivity contribution >= 4 is 29.0 Å². The topological polar surface area (TPSA) is 49.4 Å². The molecule has 0 radical (unpaired) electrons. The van der Waals surface area contributed by atoms with Crippen LogP contribution in [0.25, 0.3) is 0 Å². The Morgan fingerprint density at radius 1 is 1.27 bits per heavy atom. The van der Waals surface area contributed by atoms with Crippen molar-refractivity contribution in [3.8, 4) is 0 Å². The van der Waals surface area contributed by atoms with Crippen LogP contribution < -0.4 is 10.2 Å². The maximum atomic E-state index is 14.0. The quantitative estimate of drug-likeness (QED) is 0.799. The van der Waals surface area contributed by atoms with Crippen LogP contribution in [-0.2, 0) is 15.0 Å². The number of hydrogen-bond donors (Lipinski definition) is 1. The lowest BCUT2D eigenvalue weighted by Crippen LogP contribution is -2.48. The summed E-state index contributed by atoms with van der Waals surface area (Å²) in [7, 11) is 0. The maximum absolute atomic E-state index is 14.0. The van der Waals surface area contributed by atoms with Crippen LogP contribution in [0.1, 0.15) is 31.2 Å². The summed E-state index contributed by atoms with van der Waals surface area (Å²) < 4.78 is 51.0. The van der Waals surface area contributed by atoms with Gasteiger partial charge in [0, 0.05) is 12.0 Å². The highest BCUT2D eigenvalue weighted by Crippen LogP contribution is 2.50. The maximum Gasteiger partial charge on any atom is 0.389 e. The van der Waals surface area contributed by atoms with Crippen LogP contribution in [0.5, 0.6) is 0 Å². The third-order valence-corrected chi connectivity index (χ3v) is 5.35. The predicted molar refractivity (Wildman–Crippen MR) is 87.8 cm³/mol. The third kappa shape index (κ3) is 3.32. The van der Waals surface area contributed by atoms with E-state index in [0.717, 1.165) is 11.0 Å². The van der Waals surface area contributed by atoms with Gasteiger partial charge in [-0.1, -0.05) is 11.6 Å². The summed E-state index contributed by atoms with van der Waals surface area (Å²) >= 11 is 6.14. The molecule has 26 heavy (non-hydrogen) atoms. The van der Waals surface area contributed by atoms with Crippen molar-refractivity contribution < 1.29 is 27.2 Å². The second kappa shape index (κ2) is 6.81. The Labute approximate surface area is 152 Å². The number of piperidine rings is 1. The molecule has 0 bridgehead atoms. The molecule has 1 spiro atoms. The summed E-state index contributed by atoms with van der Waals surface area (Å²) in [6, 6.07) is 2.46. The Balaban J connectivity index is 1.92. The fourth-order valence-electron chi connectivity index (χ4n) is 3.71. The molecule has 2 heterocycles. The molecule has 4 nitrogen and oxygen atoms in total. The number of hydrogen-bond acceptors (Lipinski definition) is 3. The van der Waals surface area contributed by atoms with Gasteiger partial charge in [-0.3, -0.25) is 9.59 Å². The lowest BCUT2D eigenvalue weighted by Gasteiger charge is -2.33. The number of benzene rings is 1. The Hall–Kier alpha value is -1.67. The summed E-state index contributed by atoms with van der Waals surface area (Å²) in [5, 5.41) is 2.95. The normalized spacial score (nSPS) is 19.1. The number of anilines is 1. The Bertz CT molecular complexity index is 745. The van der Waals surface area contributed by atoms with Gasteiger partial charge >= 0.3 is 6.18 Å². The predicted octanol–water partition coefficient (Wildman–Crippen LogP) is 3.36. The summed E-state index contributed by atoms with van der Waals surface area (Å²) in [5.74, 6) is -1.77. The number of rotatable bonds is 4. The van der Waals surface area contributed by atoms with E-state index in [1.165, 1.54) is 6.07 Å². The standard InChI is InChI=1S/C17H17ClF4N2O2/c18-14-11(19)1-2-12-13(14)16(5-7-23-8-6-16)15(26)24(12)9-10(25)3-4-17(20,21)22/h1-2,23H,3-9H2. The first kappa shape index (κ1) is 19.1. The molecule has 1 saturated heterocycles. The zero-order valence-corrected chi connectivity index (χ0v) is 14.5. The minimum Gasteiger partial charge on any atom is -0.317 e. The van der Waals surface area contributed by atoms with Crippen LogP contribution in [0.3, 0.4) is 0 Å². The van der Waals surface area contributed by atoms with E-state index >= 15 is 0 Å². The molecular formula is C17H17ClF4N2O2. The highest BCUT2D eigenvalue weighted by atomic mass is 35.5. The van der Waals surface area contributed by atoms with E-state index < -0.39 is 48.5 Å². The largest absolute Gasteiger partial charge is 0.389 e. The second-order valence-electron chi connectivity index (χ2n) is 6.63. The van der Waals surface area contributed by atoms with Gasteiger partial charge in [0.1, 0.15) is 5.82 Å². The molecule has 1 amide bonds. The van der Waals surface area contributed by atoms with E-state index in [9.17, 15) is 27.2 Å². The molecule has 1 N–H and O–H groups in total. The van der Waals surface area contributed by atoms with Crippen LogP contribution in [0.15, 0.2) is 12.1 Å². The molecule has 142 valence electrons. The third-order valence-electron chi connectivity index (χ3n) is 4.98. The number of Topliss-reactive ketones (excluding diaryl/α,β-unsaturated/α-hetero) is 1. The van der Waals surface area contributed by atoms with Crippen molar-refractivity contribution in [2.75, 3.05) is 24.5 Å². The molecule has 1 fully saturated rings. The lowest BCUT2D eigenvalue weighted by molar-refractivity contribution is -0.142. The van der Waals surface area contributed by atoms with Gasteiger partial charge in [-0.2, -0.15) is 13.2 Å². The van der Waals surface area contributed by atoms with Crippen molar-refractivity contribution in [2.45, 2.75) is 37.3 Å². The van der Waals surface area contributed by atoms with Gasteiger partial charge in [0.25, 0.3) is 0 Å². The van der Waals surface area contributed by atoms with E-state index in [4.69, 9.17) is 11.6 Å². The van der Waals surface area contributed by atoms with E-state index in [0.29, 0.717) is 37.2 Å². The van der Waals surface area contributed by atoms with Gasteiger partial charge in [0.15, 0.2) is 5.78 Å². The number of alkyl halides is 3. The average Bonchev–Trinajstić information content (AvgIpc) is 2.79. The lowest BCUT2D eigenvalue weighted by atomic mass is 9.74. The number of ketones is 1. The minimum absolute atomic E-state index is 0.164. The number of nitrogens with zero attached hydrogens (tertiary/aromatic N) is 1. The fraction of sp³-hybridized carbons (Fsp3) is 0.529. The van der Waals surface area contributed by atoms with E-state index in [1.807, 2.05) is 0 Å². The Kier molecular flexibility index (Phi) is 5.00. The second-order valence-corrected chi connectivity index (χ2v) is 7.01. The molecule has 0 saturated carbocycles. The van der Waals surface area contributed by atoms with Gasteiger partial charge in [0.2, 0.25) is 5.91 Å². The van der Waals surface area contributed by atoms with Crippen molar-refractivity contribution in [3.63, 3.8) is 0 Å². The number of halogens is 5. The van der Waals surface area contributed by atoms with E-state index in [-0.39, 0.29) is 5.02 Å². The van der Waals surface area contributed by atoms with Crippen molar-refractivity contribution in [1.29, 1.82) is 0 Å². The molecule has 0 unspecified atom stereocenters. The molecule has 0 aliphatic carbocycles. The van der Waals surface area contributed by atoms with Crippen LogP contribution in [-0.4, -0.2) is 37.5 Å². The van der Waals surface area contributed by atoms with Crippen molar-refractivity contribution in [3.05, 3.63) is 28.5 Å². The minimum atomic E-state index is -4.44. The van der Waals surface area contributed by atoms with Gasteiger partial charge in [-0.25, -0.2) is 4.39 Å². The number of carbonyl (C=O) groups is 2. The van der Waals surface area contributed by atoms with Crippen molar-refractivity contribution in [1.82, 2.24) is 5.32 Å². The summed E-state index contributed by atoms with van der Waals surface area (Å²) in [5.41, 5.74) is -0.387. The van der Waals surface area contributed by atoms with Gasteiger partial charge < -0.3 is 10.2 Å². The highest BCUT2D eigenvalue weighted by Gasteiger charge is 2.53.